The molecule has 2 rings (SSSR count). The van der Waals surface area contributed by atoms with Crippen LogP contribution in [-0.4, -0.2) is 29.9 Å². The van der Waals surface area contributed by atoms with Crippen molar-refractivity contribution in [1.82, 2.24) is 9.29 Å². The molecule has 0 saturated carbocycles. The molecule has 8 heteroatoms. The lowest BCUT2D eigenvalue weighted by atomic mass is 10.3. The number of aliphatic hydroxyl groups is 1. The summed E-state index contributed by atoms with van der Waals surface area (Å²) in [6.07, 6.45) is 1.63. The van der Waals surface area contributed by atoms with Crippen LogP contribution in [0.2, 0.25) is 0 Å². The van der Waals surface area contributed by atoms with E-state index >= 15 is 0 Å². The van der Waals surface area contributed by atoms with Gasteiger partial charge in [0.25, 0.3) is 0 Å². The third-order valence-electron chi connectivity index (χ3n) is 2.66. The number of pyridine rings is 1. The zero-order valence-electron chi connectivity index (χ0n) is 10.7. The van der Waals surface area contributed by atoms with Crippen LogP contribution >= 0.6 is 27.3 Å². The number of hydrogen-bond donors (Lipinski definition) is 1. The molecule has 0 amide bonds. The standard InChI is InChI=1S/C12H13BrN2O3S2/c1-15(7-9-4-2-3-5-14-9)20(17,18)11-6-10(8-16)19-12(11)13/h2-6,16H,7-8H2,1H3. The summed E-state index contributed by atoms with van der Waals surface area (Å²) in [4.78, 5) is 4.88. The Labute approximate surface area is 130 Å². The highest BCUT2D eigenvalue weighted by molar-refractivity contribution is 9.11. The zero-order chi connectivity index (χ0) is 14.8. The van der Waals surface area contributed by atoms with Gasteiger partial charge in [-0.05, 0) is 34.1 Å². The molecule has 2 aromatic heterocycles. The fourth-order valence-electron chi connectivity index (χ4n) is 1.62. The molecule has 1 N–H and O–H groups in total. The first-order valence-electron chi connectivity index (χ1n) is 5.70. The molecule has 0 radical (unpaired) electrons. The molecule has 0 bridgehead atoms. The number of thiophene rings is 1. The van der Waals surface area contributed by atoms with Gasteiger partial charge in [0.05, 0.1) is 22.6 Å². The fraction of sp³-hybridized carbons (Fsp3) is 0.250. The van der Waals surface area contributed by atoms with E-state index in [0.29, 0.717) is 14.4 Å². The van der Waals surface area contributed by atoms with Crippen LogP contribution in [0.3, 0.4) is 0 Å². The summed E-state index contributed by atoms with van der Waals surface area (Å²) in [6, 6.07) is 6.85. The normalized spacial score (nSPS) is 12.0. The van der Waals surface area contributed by atoms with Crippen LogP contribution in [0.15, 0.2) is 39.1 Å². The third kappa shape index (κ3) is 3.26. The van der Waals surface area contributed by atoms with Crippen LogP contribution in [0.1, 0.15) is 10.6 Å². The van der Waals surface area contributed by atoms with Gasteiger partial charge in [0, 0.05) is 18.1 Å². The SMILES string of the molecule is CN(Cc1ccccn1)S(=O)(=O)c1cc(CO)sc1Br. The van der Waals surface area contributed by atoms with E-state index in [1.807, 2.05) is 6.07 Å². The summed E-state index contributed by atoms with van der Waals surface area (Å²) < 4.78 is 26.7. The Morgan fingerprint density at radius 2 is 2.20 bits per heavy atom. The summed E-state index contributed by atoms with van der Waals surface area (Å²) in [5.74, 6) is 0. The van der Waals surface area contributed by atoms with Crippen LogP contribution in [0.25, 0.3) is 0 Å². The van der Waals surface area contributed by atoms with Gasteiger partial charge in [0.15, 0.2) is 0 Å². The summed E-state index contributed by atoms with van der Waals surface area (Å²) >= 11 is 4.44. The maximum atomic E-state index is 12.5. The maximum Gasteiger partial charge on any atom is 0.245 e. The Morgan fingerprint density at radius 3 is 2.75 bits per heavy atom. The predicted molar refractivity (Wildman–Crippen MR) is 80.8 cm³/mol. The largest absolute Gasteiger partial charge is 0.391 e. The first-order chi connectivity index (χ1) is 9.45. The molecule has 0 aliphatic heterocycles. The fourth-order valence-corrected chi connectivity index (χ4v) is 5.25. The highest BCUT2D eigenvalue weighted by Gasteiger charge is 2.25. The zero-order valence-corrected chi connectivity index (χ0v) is 13.9. The Kier molecular flexibility index (Phi) is 4.92. The molecular formula is C12H13BrN2O3S2. The summed E-state index contributed by atoms with van der Waals surface area (Å²) in [7, 11) is -2.10. The van der Waals surface area contributed by atoms with Crippen LogP contribution in [0.5, 0.6) is 0 Å². The van der Waals surface area contributed by atoms with Gasteiger partial charge >= 0.3 is 0 Å². The molecule has 2 heterocycles. The van der Waals surface area contributed by atoms with E-state index in [1.165, 1.54) is 28.8 Å². The average Bonchev–Trinajstić information content (AvgIpc) is 2.82. The second-order valence-electron chi connectivity index (χ2n) is 4.09. The quantitative estimate of drug-likeness (QED) is 0.868. The van der Waals surface area contributed by atoms with Crippen LogP contribution in [0.4, 0.5) is 0 Å². The number of halogens is 1. The smallest absolute Gasteiger partial charge is 0.245 e. The molecule has 0 aliphatic rings. The van der Waals surface area contributed by atoms with Crippen molar-refractivity contribution in [3.8, 4) is 0 Å². The third-order valence-corrected chi connectivity index (χ3v) is 6.70. The number of hydrogen-bond acceptors (Lipinski definition) is 5. The second-order valence-corrected chi connectivity index (χ2v) is 8.56. The average molecular weight is 377 g/mol. The van der Waals surface area contributed by atoms with Gasteiger partial charge in [-0.25, -0.2) is 8.42 Å². The van der Waals surface area contributed by atoms with E-state index in [4.69, 9.17) is 5.11 Å². The van der Waals surface area contributed by atoms with Gasteiger partial charge in [-0.1, -0.05) is 6.07 Å². The molecule has 0 aliphatic carbocycles. The molecule has 108 valence electrons. The minimum absolute atomic E-state index is 0.171. The van der Waals surface area contributed by atoms with Crippen molar-refractivity contribution in [2.75, 3.05) is 7.05 Å². The molecule has 0 atom stereocenters. The van der Waals surface area contributed by atoms with E-state index in [1.54, 1.807) is 18.3 Å². The van der Waals surface area contributed by atoms with Crippen molar-refractivity contribution in [3.05, 3.63) is 44.8 Å². The summed E-state index contributed by atoms with van der Waals surface area (Å²) in [6.45, 7) is 0.0165. The second kappa shape index (κ2) is 6.31. The lowest BCUT2D eigenvalue weighted by Crippen LogP contribution is -2.26. The van der Waals surface area contributed by atoms with Crippen LogP contribution < -0.4 is 0 Å². The van der Waals surface area contributed by atoms with Gasteiger partial charge < -0.3 is 5.11 Å². The van der Waals surface area contributed by atoms with Gasteiger partial charge in [0.1, 0.15) is 4.90 Å². The number of aromatic nitrogens is 1. The molecule has 20 heavy (non-hydrogen) atoms. The topological polar surface area (TPSA) is 70.5 Å². The van der Waals surface area contributed by atoms with Crippen molar-refractivity contribution in [1.29, 1.82) is 0 Å². The number of rotatable bonds is 5. The van der Waals surface area contributed by atoms with Crippen molar-refractivity contribution in [2.24, 2.45) is 0 Å². The van der Waals surface area contributed by atoms with E-state index in [-0.39, 0.29) is 18.0 Å². The summed E-state index contributed by atoms with van der Waals surface area (Å²) in [5, 5.41) is 9.09. The van der Waals surface area contributed by atoms with E-state index < -0.39 is 10.0 Å². The van der Waals surface area contributed by atoms with E-state index in [0.717, 1.165) is 0 Å². The Hall–Kier alpha value is -0.800. The van der Waals surface area contributed by atoms with Gasteiger partial charge in [-0.2, -0.15) is 4.31 Å². The lowest BCUT2D eigenvalue weighted by Gasteiger charge is -2.16. The van der Waals surface area contributed by atoms with E-state index in [2.05, 4.69) is 20.9 Å². The van der Waals surface area contributed by atoms with Crippen molar-refractivity contribution in [3.63, 3.8) is 0 Å². The summed E-state index contributed by atoms with van der Waals surface area (Å²) in [5.41, 5.74) is 0.673. The molecule has 0 fully saturated rings. The molecule has 0 spiro atoms. The molecule has 2 aromatic rings. The maximum absolute atomic E-state index is 12.5. The first kappa shape index (κ1) is 15.6. The van der Waals surface area contributed by atoms with Crippen molar-refractivity contribution < 1.29 is 13.5 Å². The lowest BCUT2D eigenvalue weighted by molar-refractivity contribution is 0.285. The molecule has 0 unspecified atom stereocenters. The van der Waals surface area contributed by atoms with Gasteiger partial charge in [-0.3, -0.25) is 4.98 Å². The molecule has 0 aromatic carbocycles. The highest BCUT2D eigenvalue weighted by atomic mass is 79.9. The predicted octanol–water partition coefficient (Wildman–Crippen LogP) is 2.22. The Morgan fingerprint density at radius 1 is 1.45 bits per heavy atom. The van der Waals surface area contributed by atoms with E-state index in [9.17, 15) is 8.42 Å². The van der Waals surface area contributed by atoms with Crippen molar-refractivity contribution >= 4 is 37.3 Å². The van der Waals surface area contributed by atoms with Crippen LogP contribution in [0, 0.1) is 0 Å². The number of sulfonamides is 1. The minimum atomic E-state index is -3.61. The Bertz CT molecular complexity index is 686. The van der Waals surface area contributed by atoms with Crippen molar-refractivity contribution in [2.45, 2.75) is 18.0 Å². The first-order valence-corrected chi connectivity index (χ1v) is 8.75. The van der Waals surface area contributed by atoms with Gasteiger partial charge in [0.2, 0.25) is 10.0 Å². The monoisotopic (exact) mass is 376 g/mol. The minimum Gasteiger partial charge on any atom is -0.391 e. The molecular weight excluding hydrogens is 364 g/mol. The number of aliphatic hydroxyl groups excluding tert-OH is 1. The highest BCUT2D eigenvalue weighted by Crippen LogP contribution is 2.33. The Balaban J connectivity index is 2.27. The van der Waals surface area contributed by atoms with Gasteiger partial charge in [-0.15, -0.1) is 11.3 Å². The molecule has 0 saturated heterocycles. The van der Waals surface area contributed by atoms with Crippen LogP contribution in [-0.2, 0) is 23.2 Å². The number of nitrogens with zero attached hydrogens (tertiary/aromatic N) is 2. The molecule has 5 nitrogen and oxygen atoms in total.